The Morgan fingerprint density at radius 2 is 1.68 bits per heavy atom. The van der Waals surface area contributed by atoms with E-state index in [1.54, 1.807) is 31.4 Å². The summed E-state index contributed by atoms with van der Waals surface area (Å²) in [6, 6.07) is 12.4. The van der Waals surface area contributed by atoms with Crippen molar-refractivity contribution in [1.82, 2.24) is 0 Å². The molecule has 0 bridgehead atoms. The molecule has 1 aliphatic rings. The Morgan fingerprint density at radius 3 is 2.32 bits per heavy atom. The summed E-state index contributed by atoms with van der Waals surface area (Å²) in [5, 5.41) is 0. The zero-order chi connectivity index (χ0) is 17.9. The van der Waals surface area contributed by atoms with Crippen LogP contribution in [0.3, 0.4) is 0 Å². The third-order valence-corrected chi connectivity index (χ3v) is 5.86. The average molecular weight is 360 g/mol. The van der Waals surface area contributed by atoms with Gasteiger partial charge in [0.05, 0.1) is 17.7 Å². The molecule has 5 nitrogen and oxygen atoms in total. The molecule has 1 fully saturated rings. The van der Waals surface area contributed by atoms with Crippen molar-refractivity contribution in [3.05, 3.63) is 48.0 Å². The van der Waals surface area contributed by atoms with Gasteiger partial charge in [-0.25, -0.2) is 8.42 Å². The minimum Gasteiger partial charge on any atom is -0.495 e. The van der Waals surface area contributed by atoms with Crippen molar-refractivity contribution < 1.29 is 13.2 Å². The summed E-state index contributed by atoms with van der Waals surface area (Å²) < 4.78 is 33.4. The number of hydrogen-bond acceptors (Lipinski definition) is 4. The van der Waals surface area contributed by atoms with Crippen molar-refractivity contribution in [2.45, 2.75) is 31.1 Å². The molecule has 1 aliphatic heterocycles. The molecule has 2 aromatic carbocycles. The van der Waals surface area contributed by atoms with Crippen molar-refractivity contribution in [3.63, 3.8) is 0 Å². The molecule has 0 aliphatic carbocycles. The Bertz CT molecular complexity index is 826. The van der Waals surface area contributed by atoms with Crippen molar-refractivity contribution in [2.75, 3.05) is 29.8 Å². The number of piperidine rings is 1. The third-order valence-electron chi connectivity index (χ3n) is 4.48. The summed E-state index contributed by atoms with van der Waals surface area (Å²) in [6.07, 6.45) is 3.58. The van der Waals surface area contributed by atoms with Crippen LogP contribution in [0.25, 0.3) is 0 Å². The van der Waals surface area contributed by atoms with Gasteiger partial charge in [-0.3, -0.25) is 4.72 Å². The lowest BCUT2D eigenvalue weighted by atomic mass is 10.1. The maximum absolute atomic E-state index is 12.7. The van der Waals surface area contributed by atoms with E-state index in [9.17, 15) is 8.42 Å². The largest absolute Gasteiger partial charge is 0.495 e. The van der Waals surface area contributed by atoms with E-state index in [1.165, 1.54) is 6.42 Å². The number of aryl methyl sites for hydroxylation is 1. The van der Waals surface area contributed by atoms with E-state index >= 15 is 0 Å². The molecular formula is C19H24N2O3S. The average Bonchev–Trinajstić information content (AvgIpc) is 2.62. The van der Waals surface area contributed by atoms with E-state index < -0.39 is 10.0 Å². The maximum atomic E-state index is 12.7. The highest BCUT2D eigenvalue weighted by Gasteiger charge is 2.18. The van der Waals surface area contributed by atoms with Crippen LogP contribution >= 0.6 is 0 Å². The predicted molar refractivity (Wildman–Crippen MR) is 101 cm³/mol. The van der Waals surface area contributed by atoms with Crippen molar-refractivity contribution in [1.29, 1.82) is 0 Å². The first-order valence-electron chi connectivity index (χ1n) is 8.52. The highest BCUT2D eigenvalue weighted by atomic mass is 32.2. The molecule has 0 atom stereocenters. The monoisotopic (exact) mass is 360 g/mol. The Kier molecular flexibility index (Phi) is 5.18. The molecule has 3 rings (SSSR count). The lowest BCUT2D eigenvalue weighted by molar-refractivity contribution is 0.417. The van der Waals surface area contributed by atoms with Gasteiger partial charge in [0.25, 0.3) is 10.0 Å². The van der Waals surface area contributed by atoms with Gasteiger partial charge in [-0.2, -0.15) is 0 Å². The molecule has 1 N–H and O–H groups in total. The number of methoxy groups -OCH3 is 1. The second kappa shape index (κ2) is 7.35. The minimum atomic E-state index is -3.66. The molecule has 1 saturated heterocycles. The second-order valence-corrected chi connectivity index (χ2v) is 8.03. The number of rotatable bonds is 5. The summed E-state index contributed by atoms with van der Waals surface area (Å²) in [7, 11) is -2.12. The lowest BCUT2D eigenvalue weighted by Gasteiger charge is -2.29. The van der Waals surface area contributed by atoms with Crippen molar-refractivity contribution in [3.8, 4) is 5.75 Å². The van der Waals surface area contributed by atoms with Gasteiger partial charge in [0, 0.05) is 18.8 Å². The molecule has 1 heterocycles. The third kappa shape index (κ3) is 4.07. The van der Waals surface area contributed by atoms with Gasteiger partial charge < -0.3 is 9.64 Å². The molecule has 6 heteroatoms. The molecule has 0 spiro atoms. The first-order chi connectivity index (χ1) is 12.0. The van der Waals surface area contributed by atoms with Crippen LogP contribution in [0.15, 0.2) is 47.4 Å². The van der Waals surface area contributed by atoms with E-state index in [2.05, 4.69) is 9.62 Å². The van der Waals surface area contributed by atoms with Gasteiger partial charge >= 0.3 is 0 Å². The van der Waals surface area contributed by atoms with Crippen LogP contribution in [0.5, 0.6) is 5.75 Å². The Morgan fingerprint density at radius 1 is 1.00 bits per heavy atom. The first kappa shape index (κ1) is 17.6. The second-order valence-electron chi connectivity index (χ2n) is 6.35. The van der Waals surface area contributed by atoms with Crippen molar-refractivity contribution >= 4 is 21.4 Å². The maximum Gasteiger partial charge on any atom is 0.262 e. The number of nitrogens with one attached hydrogen (secondary N) is 1. The van der Waals surface area contributed by atoms with Crippen LogP contribution < -0.4 is 14.4 Å². The normalized spacial score (nSPS) is 15.0. The van der Waals surface area contributed by atoms with Gasteiger partial charge in [0.1, 0.15) is 5.75 Å². The fourth-order valence-corrected chi connectivity index (χ4v) is 4.11. The lowest BCUT2D eigenvalue weighted by Crippen LogP contribution is -2.29. The summed E-state index contributed by atoms with van der Waals surface area (Å²) in [5.41, 5.74) is 2.50. The molecule has 2 aromatic rings. The first-order valence-corrected chi connectivity index (χ1v) is 10.0. The number of ether oxygens (including phenoxy) is 1. The molecule has 0 radical (unpaired) electrons. The van der Waals surface area contributed by atoms with Crippen LogP contribution in [0.4, 0.5) is 11.4 Å². The van der Waals surface area contributed by atoms with Crippen LogP contribution in [0.2, 0.25) is 0 Å². The summed E-state index contributed by atoms with van der Waals surface area (Å²) in [5.74, 6) is 0.511. The predicted octanol–water partition coefficient (Wildman–Crippen LogP) is 3.79. The Labute approximate surface area is 149 Å². The van der Waals surface area contributed by atoms with E-state index in [4.69, 9.17) is 4.74 Å². The Balaban J connectivity index is 1.90. The van der Waals surface area contributed by atoms with Gasteiger partial charge in [-0.1, -0.05) is 17.7 Å². The quantitative estimate of drug-likeness (QED) is 0.881. The number of nitrogens with zero attached hydrogens (tertiary/aromatic N) is 1. The van der Waals surface area contributed by atoms with Gasteiger partial charge in [0.2, 0.25) is 0 Å². The zero-order valence-electron chi connectivity index (χ0n) is 14.7. The van der Waals surface area contributed by atoms with Gasteiger partial charge in [0.15, 0.2) is 0 Å². The van der Waals surface area contributed by atoms with E-state index in [0.717, 1.165) is 37.2 Å². The number of hydrogen-bond donors (Lipinski definition) is 1. The fraction of sp³-hybridized carbons (Fsp3) is 0.368. The van der Waals surface area contributed by atoms with Gasteiger partial charge in [-0.15, -0.1) is 0 Å². The van der Waals surface area contributed by atoms with Crippen LogP contribution in [0.1, 0.15) is 24.8 Å². The summed E-state index contributed by atoms with van der Waals surface area (Å²) in [4.78, 5) is 2.52. The van der Waals surface area contributed by atoms with Crippen LogP contribution in [0, 0.1) is 6.92 Å². The van der Waals surface area contributed by atoms with E-state index in [1.807, 2.05) is 25.1 Å². The number of anilines is 2. The molecule has 0 saturated carbocycles. The van der Waals surface area contributed by atoms with Crippen LogP contribution in [-0.2, 0) is 10.0 Å². The minimum absolute atomic E-state index is 0.239. The van der Waals surface area contributed by atoms with E-state index in [0.29, 0.717) is 11.4 Å². The smallest absolute Gasteiger partial charge is 0.262 e. The van der Waals surface area contributed by atoms with E-state index in [-0.39, 0.29) is 4.90 Å². The Hall–Kier alpha value is -2.21. The number of sulfonamides is 1. The highest BCUT2D eigenvalue weighted by molar-refractivity contribution is 7.92. The molecular weight excluding hydrogens is 336 g/mol. The summed E-state index contributed by atoms with van der Waals surface area (Å²) >= 11 is 0. The topological polar surface area (TPSA) is 58.6 Å². The SMILES string of the molecule is COc1ccc(N2CCCCC2)cc1NS(=O)(=O)c1ccc(C)cc1. The van der Waals surface area contributed by atoms with Crippen LogP contribution in [-0.4, -0.2) is 28.6 Å². The summed E-state index contributed by atoms with van der Waals surface area (Å²) in [6.45, 7) is 3.92. The molecule has 25 heavy (non-hydrogen) atoms. The zero-order valence-corrected chi connectivity index (χ0v) is 15.5. The molecule has 0 aromatic heterocycles. The molecule has 0 amide bonds. The van der Waals surface area contributed by atoms with Crippen molar-refractivity contribution in [2.24, 2.45) is 0 Å². The standard InChI is InChI=1S/C19H24N2O3S/c1-15-6-9-17(10-7-15)25(22,23)20-18-14-16(8-11-19(18)24-2)21-12-4-3-5-13-21/h6-11,14,20H,3-5,12-13H2,1-2H3. The van der Waals surface area contributed by atoms with Gasteiger partial charge in [-0.05, 0) is 56.5 Å². The fourth-order valence-electron chi connectivity index (χ4n) is 3.05. The molecule has 134 valence electrons. The molecule has 0 unspecified atom stereocenters. The number of benzene rings is 2. The highest BCUT2D eigenvalue weighted by Crippen LogP contribution is 2.32.